The smallest absolute Gasteiger partial charge is 0.338 e. The number of aliphatic hydroxyl groups is 1. The molecule has 6 aromatic rings. The monoisotopic (exact) mass is 1150 g/mol. The van der Waals surface area contributed by atoms with Crippen LogP contribution in [-0.4, -0.2) is 114 Å². The zero-order valence-corrected chi connectivity index (χ0v) is 50.3. The molecule has 6 heterocycles. The minimum atomic E-state index is -0.942. The molecule has 0 amide bonds. The van der Waals surface area contributed by atoms with Crippen molar-refractivity contribution < 1.29 is 42.5 Å². The van der Waals surface area contributed by atoms with Crippen LogP contribution in [0.4, 0.5) is 8.78 Å². The zero-order valence-electron chi connectivity index (χ0n) is 50.3. The maximum atomic E-state index is 14.9. The van der Waals surface area contributed by atoms with E-state index in [0.29, 0.717) is 60.5 Å². The summed E-state index contributed by atoms with van der Waals surface area (Å²) in [6.07, 6.45) is 11.1. The molecule has 84 heavy (non-hydrogen) atoms. The minimum Gasteiger partial charge on any atom is -0.512 e. The van der Waals surface area contributed by atoms with Gasteiger partial charge in [-0.05, 0) is 160 Å². The van der Waals surface area contributed by atoms with Gasteiger partial charge in [0.2, 0.25) is 5.82 Å². The van der Waals surface area contributed by atoms with Crippen LogP contribution >= 0.6 is 0 Å². The molecule has 443 valence electrons. The number of rotatable bonds is 13. The van der Waals surface area contributed by atoms with Crippen molar-refractivity contribution >= 4 is 44.0 Å². The molecule has 4 aliphatic rings. The van der Waals surface area contributed by atoms with Crippen LogP contribution in [0.25, 0.3) is 21.2 Å². The highest BCUT2D eigenvalue weighted by Crippen LogP contribution is 2.47. The molecule has 1 N–H and O–H groups in total. The van der Waals surface area contributed by atoms with E-state index < -0.39 is 40.0 Å². The number of ether oxygens (including phenoxy) is 2. The van der Waals surface area contributed by atoms with Gasteiger partial charge in [-0.25, -0.2) is 45.7 Å². The Morgan fingerprint density at radius 3 is 1.58 bits per heavy atom. The molecule has 4 aromatic heterocycles. The number of carbonyl (C=O) groups is 4. The number of halogens is 2. The first kappa shape index (κ1) is 65.4. The normalized spacial score (nSPS) is 19.3. The van der Waals surface area contributed by atoms with Gasteiger partial charge in [0, 0.05) is 78.1 Å². The molecular weight excluding hydrogens is 1070 g/mol. The lowest BCUT2D eigenvalue weighted by atomic mass is 9.76. The second kappa shape index (κ2) is 27.3. The summed E-state index contributed by atoms with van der Waals surface area (Å²) in [4.78, 5) is 73.8. The van der Waals surface area contributed by atoms with Gasteiger partial charge in [0.1, 0.15) is 40.8 Å². The van der Waals surface area contributed by atoms with E-state index in [1.54, 1.807) is 48.9 Å². The van der Waals surface area contributed by atoms with Gasteiger partial charge in [-0.3, -0.25) is 14.4 Å². The van der Waals surface area contributed by atoms with E-state index in [-0.39, 0.29) is 74.7 Å². The average molecular weight is 1150 g/mol. The van der Waals surface area contributed by atoms with Crippen molar-refractivity contribution in [3.05, 3.63) is 151 Å². The molecular formula is C63H77BF2N11O7. The second-order valence-corrected chi connectivity index (χ2v) is 24.1. The van der Waals surface area contributed by atoms with Crippen molar-refractivity contribution in [1.82, 2.24) is 44.1 Å². The Bertz CT molecular complexity index is 3490. The van der Waals surface area contributed by atoms with Crippen molar-refractivity contribution in [3.63, 3.8) is 0 Å². The first-order chi connectivity index (χ1) is 39.2. The molecule has 2 aliphatic carbocycles. The number of esters is 2. The third kappa shape index (κ3) is 15.5. The molecule has 0 bridgehead atoms. The second-order valence-electron chi connectivity index (χ2n) is 24.1. The van der Waals surface area contributed by atoms with Gasteiger partial charge in [-0.1, -0.05) is 37.8 Å². The number of aromatic nitrogens is 8. The van der Waals surface area contributed by atoms with Gasteiger partial charge in [0.05, 0.1) is 16.7 Å². The van der Waals surface area contributed by atoms with E-state index in [0.717, 1.165) is 85.3 Å². The third-order valence-corrected chi connectivity index (χ3v) is 16.1. The van der Waals surface area contributed by atoms with Crippen LogP contribution in [0.1, 0.15) is 173 Å². The summed E-state index contributed by atoms with van der Waals surface area (Å²) in [5.41, 5.74) is 2.53. The van der Waals surface area contributed by atoms with Gasteiger partial charge in [0.15, 0.2) is 12.1 Å². The predicted octanol–water partition coefficient (Wildman–Crippen LogP) is 11.0. The number of hydrogen-bond acceptors (Lipinski definition) is 14. The van der Waals surface area contributed by atoms with Crippen molar-refractivity contribution in [3.8, 4) is 0 Å². The standard InChI is InChI=1S/C30H34FN5O3.C22H26FNO3.C8H8N4O.C3H9N.B/c1-18-14-19(2)36-28(33-18)34-26(35-36)16-22-25(37)17-30(39-27(22)38,21-8-6-7-9-21)13-12-20-10-11-23(24(31)15-20)29(3,4)32-5;1-21(2,24-3)18-9-8-15(12-19(18)23)10-11-22(16-6-4-5-7-16)14-17(25)13-20(26)27-22;1-5-3-6(2)12-8(9-5)10-7(4-13)11-12;1-4(2)3;/h10-11,14-15,21,37H,6-9,12-13,16-17H2,1-4H3;8-9,12,16H,4-7,10-11,13-14H2,1-2H3;3-4H,1-2H3;1-3H3;/t30-;22-;;;/m11.../s1. The summed E-state index contributed by atoms with van der Waals surface area (Å²) in [6, 6.07) is 13.7. The summed E-state index contributed by atoms with van der Waals surface area (Å²) < 4.78 is 44.6. The average Bonchev–Trinajstić information content (AvgIpc) is 3.06. The van der Waals surface area contributed by atoms with Crippen LogP contribution in [0.2, 0.25) is 0 Å². The summed E-state index contributed by atoms with van der Waals surface area (Å²) in [6.45, 7) is 29.0. The van der Waals surface area contributed by atoms with E-state index in [1.807, 2.05) is 78.0 Å². The summed E-state index contributed by atoms with van der Waals surface area (Å²) in [5, 5.41) is 19.6. The van der Waals surface area contributed by atoms with E-state index in [1.165, 1.54) is 12.1 Å². The number of nitrogens with zero attached hydrogens (tertiary/aromatic N) is 11. The first-order valence-electron chi connectivity index (χ1n) is 28.4. The van der Waals surface area contributed by atoms with E-state index in [4.69, 9.17) is 22.6 Å². The number of aliphatic hydroxyl groups excluding tert-OH is 1. The van der Waals surface area contributed by atoms with E-state index in [2.05, 4.69) is 39.8 Å². The molecule has 2 atom stereocenters. The topological polar surface area (TPSA) is 205 Å². The fourth-order valence-corrected chi connectivity index (χ4v) is 11.8. The van der Waals surface area contributed by atoms with Gasteiger partial charge < -0.3 is 29.2 Å². The number of benzene rings is 2. The molecule has 0 unspecified atom stereocenters. The van der Waals surface area contributed by atoms with Crippen LogP contribution in [0, 0.1) is 64.3 Å². The summed E-state index contributed by atoms with van der Waals surface area (Å²) in [7, 11) is 6.00. The highest BCUT2D eigenvalue weighted by Gasteiger charge is 2.49. The number of aryl methyl sites for hydroxylation is 6. The Morgan fingerprint density at radius 2 is 1.15 bits per heavy atom. The molecule has 1 saturated heterocycles. The molecule has 18 nitrogen and oxygen atoms in total. The lowest BCUT2D eigenvalue weighted by Crippen LogP contribution is -2.48. The van der Waals surface area contributed by atoms with E-state index in [9.17, 15) is 33.1 Å². The predicted molar refractivity (Wildman–Crippen MR) is 314 cm³/mol. The minimum absolute atomic E-state index is 0. The number of ketones is 1. The summed E-state index contributed by atoms with van der Waals surface area (Å²) in [5.74, 6) is -0.0174. The molecule has 3 radical (unpaired) electrons. The van der Waals surface area contributed by atoms with Crippen LogP contribution in [0.5, 0.6) is 0 Å². The number of aldehydes is 1. The number of fused-ring (bicyclic) bond motifs is 2. The van der Waals surface area contributed by atoms with Crippen molar-refractivity contribution in [1.29, 1.82) is 0 Å². The maximum absolute atomic E-state index is 14.9. The zero-order chi connectivity index (χ0) is 60.6. The van der Waals surface area contributed by atoms with Crippen LogP contribution in [0.3, 0.4) is 0 Å². The third-order valence-electron chi connectivity index (χ3n) is 16.1. The van der Waals surface area contributed by atoms with Crippen LogP contribution in [0.15, 0.2) is 59.9 Å². The molecule has 10 rings (SSSR count). The molecule has 3 fully saturated rings. The Morgan fingerprint density at radius 1 is 0.702 bits per heavy atom. The highest BCUT2D eigenvalue weighted by molar-refractivity contribution is 5.98. The van der Waals surface area contributed by atoms with Crippen molar-refractivity contribution in [2.24, 2.45) is 11.8 Å². The molecule has 2 aliphatic heterocycles. The first-order valence-corrected chi connectivity index (χ1v) is 28.4. The largest absolute Gasteiger partial charge is 0.512 e. The van der Waals surface area contributed by atoms with Gasteiger partial charge in [0.25, 0.3) is 22.6 Å². The fraction of sp³-hybridized carbons (Fsp3) is 0.524. The lowest BCUT2D eigenvalue weighted by Gasteiger charge is -2.41. The van der Waals surface area contributed by atoms with Crippen molar-refractivity contribution in [2.75, 3.05) is 21.1 Å². The SMILES string of the molecule is CN(C)C.Cc1cc(C)n2nc(C=O)nc2n1.[B].[C-]#[N+]C(C)(C)c1ccc(CC[C@]2(C3CCCC3)CC(=O)CC(=O)O2)cc1F.[C-]#[N+]C(C)(C)c1ccc(CC[C@]2(C3CCCC3)CC(O)=C(Cc3nc4nc(C)cc(C)n4n3)C(=O)O2)cc1F. The Hall–Kier alpha value is -7.78. The molecule has 0 spiro atoms. The Balaban J connectivity index is 0.000000216. The highest BCUT2D eigenvalue weighted by atomic mass is 19.1. The number of Topliss-reactive ketones (excluding diaryl/α,β-unsaturated/α-hetero) is 1. The number of carbonyl (C=O) groups excluding carboxylic acids is 4. The van der Waals surface area contributed by atoms with E-state index >= 15 is 0 Å². The number of hydrogen-bond donors (Lipinski definition) is 1. The van der Waals surface area contributed by atoms with Gasteiger partial charge in [-0.2, -0.15) is 9.97 Å². The molecule has 21 heteroatoms. The molecule has 2 saturated carbocycles. The Labute approximate surface area is 493 Å². The van der Waals surface area contributed by atoms with Gasteiger partial charge >= 0.3 is 11.9 Å². The van der Waals surface area contributed by atoms with Crippen LogP contribution < -0.4 is 0 Å². The Kier molecular flexibility index (Phi) is 21.2. The summed E-state index contributed by atoms with van der Waals surface area (Å²) >= 11 is 0. The quantitative estimate of drug-likeness (QED) is 0.0376. The van der Waals surface area contributed by atoms with Gasteiger partial charge in [-0.15, -0.1) is 10.2 Å². The van der Waals surface area contributed by atoms with Crippen molar-refractivity contribution in [2.45, 2.75) is 180 Å². The maximum Gasteiger partial charge on any atom is 0.338 e. The number of cyclic esters (lactones) is 2. The molecule has 2 aromatic carbocycles. The van der Waals surface area contributed by atoms with Crippen LogP contribution in [-0.2, 0) is 54.2 Å². The fourth-order valence-electron chi connectivity index (χ4n) is 11.8. The lowest BCUT2D eigenvalue weighted by molar-refractivity contribution is -0.178.